The number of hydrogen-bond acceptors (Lipinski definition) is 4. The number of rotatable bonds is 8. The minimum absolute atomic E-state index is 0.153. The average molecular weight is 350 g/mol. The number of carbonyl (C=O) groups excluding carboxylic acids is 1. The molecule has 0 amide bonds. The van der Waals surface area contributed by atoms with Gasteiger partial charge in [0.15, 0.2) is 6.29 Å². The Morgan fingerprint density at radius 3 is 2.04 bits per heavy atom. The summed E-state index contributed by atoms with van der Waals surface area (Å²) >= 11 is 0. The molecular formula is C21H34O4. The predicted molar refractivity (Wildman–Crippen MR) is 101 cm³/mol. The van der Waals surface area contributed by atoms with Gasteiger partial charge in [-0.1, -0.05) is 39.8 Å². The van der Waals surface area contributed by atoms with Crippen molar-refractivity contribution in [1.82, 2.24) is 0 Å². The lowest BCUT2D eigenvalue weighted by atomic mass is 9.66. The number of ether oxygens (including phenoxy) is 3. The third-order valence-electron chi connectivity index (χ3n) is 5.15. The van der Waals surface area contributed by atoms with E-state index in [1.165, 1.54) is 0 Å². The van der Waals surface area contributed by atoms with Gasteiger partial charge in [0.05, 0.1) is 5.41 Å². The molecule has 0 aliphatic carbocycles. The molecule has 0 aromatic heterocycles. The lowest BCUT2D eigenvalue weighted by molar-refractivity contribution is -0.167. The first-order chi connectivity index (χ1) is 11.5. The molecule has 4 nitrogen and oxygen atoms in total. The lowest BCUT2D eigenvalue weighted by Crippen LogP contribution is -2.41. The van der Waals surface area contributed by atoms with Crippen molar-refractivity contribution in [2.45, 2.75) is 74.2 Å². The monoisotopic (exact) mass is 350 g/mol. The van der Waals surface area contributed by atoms with Crippen molar-refractivity contribution in [2.75, 3.05) is 6.61 Å². The minimum Gasteiger partial charge on any atom is -0.465 e. The van der Waals surface area contributed by atoms with E-state index in [0.717, 1.165) is 17.7 Å². The fraction of sp³-hybridized carbons (Fsp3) is 0.667. The quantitative estimate of drug-likeness (QED) is 0.458. The summed E-state index contributed by atoms with van der Waals surface area (Å²) in [5, 5.41) is 0. The molecule has 0 N–H and O–H groups in total. The first kappa shape index (κ1) is 21.5. The van der Waals surface area contributed by atoms with Crippen LogP contribution in [0.4, 0.5) is 0 Å². The fourth-order valence-corrected chi connectivity index (χ4v) is 2.62. The Morgan fingerprint density at radius 1 is 1.04 bits per heavy atom. The van der Waals surface area contributed by atoms with Crippen LogP contribution < -0.4 is 4.74 Å². The molecule has 1 rings (SSSR count). The van der Waals surface area contributed by atoms with E-state index in [2.05, 4.69) is 20.8 Å². The molecule has 0 aliphatic heterocycles. The second-order valence-corrected chi connectivity index (χ2v) is 7.69. The van der Waals surface area contributed by atoms with Gasteiger partial charge in [-0.3, -0.25) is 4.79 Å². The molecule has 0 saturated heterocycles. The molecular weight excluding hydrogens is 316 g/mol. The highest BCUT2D eigenvalue weighted by molar-refractivity contribution is 5.77. The zero-order chi connectivity index (χ0) is 19.3. The van der Waals surface area contributed by atoms with E-state index < -0.39 is 5.41 Å². The van der Waals surface area contributed by atoms with E-state index >= 15 is 0 Å². The SMILES string of the molecule is CCOC(C)Oc1ccc(C(C)OC(=O)C(C)(CC)C(C)(C)C)cc1. The van der Waals surface area contributed by atoms with Crippen molar-refractivity contribution in [1.29, 1.82) is 0 Å². The summed E-state index contributed by atoms with van der Waals surface area (Å²) in [5.74, 6) is 0.580. The number of esters is 1. The Balaban J connectivity index is 2.77. The molecule has 4 heteroatoms. The van der Waals surface area contributed by atoms with Crippen LogP contribution in [-0.2, 0) is 14.3 Å². The van der Waals surface area contributed by atoms with Crippen LogP contribution in [0, 0.1) is 10.8 Å². The molecule has 3 atom stereocenters. The Kier molecular flexibility index (Phi) is 7.48. The molecule has 0 spiro atoms. The van der Waals surface area contributed by atoms with Gasteiger partial charge < -0.3 is 14.2 Å². The standard InChI is InChI=1S/C21H34O4/c1-9-21(8,20(5,6)7)19(22)24-15(3)17-11-13-18(14-12-17)25-16(4)23-10-2/h11-16H,9-10H2,1-8H3. The van der Waals surface area contributed by atoms with Crippen molar-refractivity contribution in [3.05, 3.63) is 29.8 Å². The molecule has 0 heterocycles. The van der Waals surface area contributed by atoms with E-state index in [4.69, 9.17) is 14.2 Å². The third kappa shape index (κ3) is 5.46. The highest BCUT2D eigenvalue weighted by Gasteiger charge is 2.44. The summed E-state index contributed by atoms with van der Waals surface area (Å²) < 4.78 is 16.8. The van der Waals surface area contributed by atoms with Gasteiger partial charge in [0.1, 0.15) is 11.9 Å². The van der Waals surface area contributed by atoms with Crippen LogP contribution in [0.3, 0.4) is 0 Å². The number of hydrogen-bond donors (Lipinski definition) is 0. The summed E-state index contributed by atoms with van der Waals surface area (Å²) in [6, 6.07) is 7.59. The van der Waals surface area contributed by atoms with Gasteiger partial charge >= 0.3 is 5.97 Å². The van der Waals surface area contributed by atoms with E-state index in [-0.39, 0.29) is 23.8 Å². The minimum atomic E-state index is -0.517. The van der Waals surface area contributed by atoms with Crippen LogP contribution in [0.5, 0.6) is 5.75 Å². The molecule has 25 heavy (non-hydrogen) atoms. The second kappa shape index (κ2) is 8.70. The Morgan fingerprint density at radius 2 is 1.60 bits per heavy atom. The molecule has 0 radical (unpaired) electrons. The Hall–Kier alpha value is -1.55. The van der Waals surface area contributed by atoms with Crippen molar-refractivity contribution in [3.8, 4) is 5.75 Å². The molecule has 1 aromatic carbocycles. The van der Waals surface area contributed by atoms with Crippen LogP contribution in [0.15, 0.2) is 24.3 Å². The summed E-state index contributed by atoms with van der Waals surface area (Å²) in [7, 11) is 0. The van der Waals surface area contributed by atoms with Crippen molar-refractivity contribution in [3.63, 3.8) is 0 Å². The summed E-state index contributed by atoms with van der Waals surface area (Å²) in [6.07, 6.45) is 0.145. The average Bonchev–Trinajstić information content (AvgIpc) is 2.53. The third-order valence-corrected chi connectivity index (χ3v) is 5.15. The molecule has 0 aliphatic rings. The first-order valence-corrected chi connectivity index (χ1v) is 9.14. The zero-order valence-corrected chi connectivity index (χ0v) is 17.0. The summed E-state index contributed by atoms with van der Waals surface area (Å²) in [5.41, 5.74) is 0.264. The molecule has 142 valence electrons. The van der Waals surface area contributed by atoms with Gasteiger partial charge in [-0.2, -0.15) is 0 Å². The van der Waals surface area contributed by atoms with E-state index in [1.54, 1.807) is 0 Å². The smallest absolute Gasteiger partial charge is 0.312 e. The highest BCUT2D eigenvalue weighted by Crippen LogP contribution is 2.43. The fourth-order valence-electron chi connectivity index (χ4n) is 2.62. The van der Waals surface area contributed by atoms with E-state index in [9.17, 15) is 4.79 Å². The second-order valence-electron chi connectivity index (χ2n) is 7.69. The van der Waals surface area contributed by atoms with Crippen LogP contribution >= 0.6 is 0 Å². The first-order valence-electron chi connectivity index (χ1n) is 9.14. The molecule has 0 saturated carbocycles. The van der Waals surface area contributed by atoms with Gasteiger partial charge in [0.2, 0.25) is 0 Å². The molecule has 3 unspecified atom stereocenters. The zero-order valence-electron chi connectivity index (χ0n) is 17.0. The van der Waals surface area contributed by atoms with Gasteiger partial charge in [-0.15, -0.1) is 0 Å². The highest BCUT2D eigenvalue weighted by atomic mass is 16.7. The van der Waals surface area contributed by atoms with Gasteiger partial charge in [0.25, 0.3) is 0 Å². The van der Waals surface area contributed by atoms with Crippen LogP contribution in [-0.4, -0.2) is 18.9 Å². The number of carbonyl (C=O) groups is 1. The van der Waals surface area contributed by atoms with Gasteiger partial charge in [0, 0.05) is 6.61 Å². The van der Waals surface area contributed by atoms with Crippen molar-refractivity contribution < 1.29 is 19.0 Å². The van der Waals surface area contributed by atoms with Crippen LogP contribution in [0.1, 0.15) is 73.5 Å². The normalized spacial score (nSPS) is 16.6. The lowest BCUT2D eigenvalue weighted by Gasteiger charge is -2.39. The van der Waals surface area contributed by atoms with E-state index in [0.29, 0.717) is 6.61 Å². The largest absolute Gasteiger partial charge is 0.465 e. The predicted octanol–water partition coefficient (Wildman–Crippen LogP) is 5.51. The van der Waals surface area contributed by atoms with Crippen molar-refractivity contribution in [2.24, 2.45) is 10.8 Å². The number of benzene rings is 1. The van der Waals surface area contributed by atoms with Gasteiger partial charge in [-0.05, 0) is 57.2 Å². The maximum absolute atomic E-state index is 12.7. The molecule has 1 aromatic rings. The van der Waals surface area contributed by atoms with Crippen LogP contribution in [0.25, 0.3) is 0 Å². The summed E-state index contributed by atoms with van der Waals surface area (Å²) in [4.78, 5) is 12.7. The van der Waals surface area contributed by atoms with Crippen LogP contribution in [0.2, 0.25) is 0 Å². The Labute approximate surface area is 152 Å². The van der Waals surface area contributed by atoms with E-state index in [1.807, 2.05) is 58.9 Å². The maximum atomic E-state index is 12.7. The Bertz CT molecular complexity index is 544. The van der Waals surface area contributed by atoms with Gasteiger partial charge in [-0.25, -0.2) is 0 Å². The topological polar surface area (TPSA) is 44.8 Å². The molecule has 0 fully saturated rings. The molecule has 0 bridgehead atoms. The van der Waals surface area contributed by atoms with Crippen molar-refractivity contribution >= 4 is 5.97 Å². The maximum Gasteiger partial charge on any atom is 0.312 e. The summed E-state index contributed by atoms with van der Waals surface area (Å²) in [6.45, 7) is 16.5.